The first-order chi connectivity index (χ1) is 11.2. The number of carbonyl (C=O) groups excluding carboxylic acids is 1. The third-order valence-corrected chi connectivity index (χ3v) is 4.08. The Morgan fingerprint density at radius 2 is 2.04 bits per heavy atom. The Morgan fingerprint density at radius 3 is 2.57 bits per heavy atom. The zero-order valence-corrected chi connectivity index (χ0v) is 13.9. The van der Waals surface area contributed by atoms with Crippen LogP contribution in [-0.2, 0) is 17.6 Å². The monoisotopic (exact) mass is 326 g/mol. The molecule has 0 unspecified atom stereocenters. The second kappa shape index (κ2) is 8.11. The molecule has 0 bridgehead atoms. The van der Waals surface area contributed by atoms with Crippen molar-refractivity contribution in [2.75, 3.05) is 10.6 Å². The number of aryl methyl sites for hydroxylation is 2. The molecule has 2 N–H and O–H groups in total. The topological polar surface area (TPSA) is 77.8 Å². The highest BCUT2D eigenvalue weighted by Crippen LogP contribution is 2.23. The number of nitriles is 1. The molecule has 1 aromatic carbocycles. The largest absolute Gasteiger partial charge is 0.337 e. The van der Waals surface area contributed by atoms with E-state index >= 15 is 0 Å². The van der Waals surface area contributed by atoms with Gasteiger partial charge in [-0.05, 0) is 24.0 Å². The van der Waals surface area contributed by atoms with E-state index in [2.05, 4.69) is 15.6 Å². The molecular weight excluding hydrogens is 308 g/mol. The first-order valence-corrected chi connectivity index (χ1v) is 8.26. The van der Waals surface area contributed by atoms with Crippen molar-refractivity contribution in [2.24, 2.45) is 0 Å². The minimum atomic E-state index is -0.424. The first kappa shape index (κ1) is 16.7. The van der Waals surface area contributed by atoms with Gasteiger partial charge in [0.25, 0.3) is 5.91 Å². The highest BCUT2D eigenvalue weighted by molar-refractivity contribution is 7.13. The third-order valence-electron chi connectivity index (χ3n) is 3.37. The Bertz CT molecular complexity index is 722. The summed E-state index contributed by atoms with van der Waals surface area (Å²) in [6, 6.07) is 7.88. The summed E-state index contributed by atoms with van der Waals surface area (Å²) in [5, 5.41) is 17.4. The number of benzene rings is 1. The van der Waals surface area contributed by atoms with E-state index in [-0.39, 0.29) is 5.57 Å². The third kappa shape index (κ3) is 4.18. The van der Waals surface area contributed by atoms with Crippen molar-refractivity contribution in [1.29, 1.82) is 5.26 Å². The lowest BCUT2D eigenvalue weighted by Gasteiger charge is -2.14. The van der Waals surface area contributed by atoms with Crippen LogP contribution in [0.15, 0.2) is 41.5 Å². The summed E-state index contributed by atoms with van der Waals surface area (Å²) in [6.07, 6.45) is 4.66. The standard InChI is InChI=1S/C17H18N4OS/c1-3-12-6-5-7-13(4-2)15(12)21-16(22)14(10-18)11-20-17-19-8-9-23-17/h5-9,11H,3-4H2,1-2H3,(H,19,20)(H,21,22)/b14-11-. The summed E-state index contributed by atoms with van der Waals surface area (Å²) in [7, 11) is 0. The Kier molecular flexibility index (Phi) is 5.89. The molecule has 23 heavy (non-hydrogen) atoms. The van der Waals surface area contributed by atoms with E-state index in [4.69, 9.17) is 0 Å². The number of thiazole rings is 1. The fraction of sp³-hybridized carbons (Fsp3) is 0.235. The van der Waals surface area contributed by atoms with Gasteiger partial charge in [-0.15, -0.1) is 11.3 Å². The van der Waals surface area contributed by atoms with Gasteiger partial charge < -0.3 is 10.6 Å². The zero-order chi connectivity index (χ0) is 16.7. The number of hydrogen-bond donors (Lipinski definition) is 2. The molecular formula is C17H18N4OS. The van der Waals surface area contributed by atoms with E-state index in [1.165, 1.54) is 17.5 Å². The minimum Gasteiger partial charge on any atom is -0.337 e. The quantitative estimate of drug-likeness (QED) is 0.626. The highest BCUT2D eigenvalue weighted by Gasteiger charge is 2.14. The SMILES string of the molecule is CCc1cccc(CC)c1NC(=O)/C(C#N)=C\Nc1nccs1. The maximum Gasteiger partial charge on any atom is 0.267 e. The molecule has 1 amide bonds. The molecule has 1 heterocycles. The van der Waals surface area contributed by atoms with Gasteiger partial charge in [0, 0.05) is 23.5 Å². The number of para-hydroxylation sites is 1. The molecule has 0 aliphatic heterocycles. The number of nitrogens with one attached hydrogen (secondary N) is 2. The van der Waals surface area contributed by atoms with Crippen LogP contribution in [0.2, 0.25) is 0 Å². The molecule has 1 aromatic heterocycles. The molecule has 0 atom stereocenters. The van der Waals surface area contributed by atoms with Gasteiger partial charge in [-0.1, -0.05) is 32.0 Å². The molecule has 0 aliphatic carbocycles. The molecule has 0 aliphatic rings. The van der Waals surface area contributed by atoms with Gasteiger partial charge in [0.15, 0.2) is 5.13 Å². The lowest BCUT2D eigenvalue weighted by atomic mass is 10.0. The van der Waals surface area contributed by atoms with Crippen LogP contribution in [-0.4, -0.2) is 10.9 Å². The predicted molar refractivity (Wildman–Crippen MR) is 93.3 cm³/mol. The zero-order valence-electron chi connectivity index (χ0n) is 13.1. The van der Waals surface area contributed by atoms with Crippen LogP contribution in [0.1, 0.15) is 25.0 Å². The van der Waals surface area contributed by atoms with Crippen molar-refractivity contribution in [1.82, 2.24) is 4.98 Å². The van der Waals surface area contributed by atoms with Crippen molar-refractivity contribution >= 4 is 28.1 Å². The Morgan fingerprint density at radius 1 is 1.35 bits per heavy atom. The first-order valence-electron chi connectivity index (χ1n) is 7.38. The fourth-order valence-corrected chi connectivity index (χ4v) is 2.66. The van der Waals surface area contributed by atoms with Gasteiger partial charge in [-0.25, -0.2) is 4.98 Å². The van der Waals surface area contributed by atoms with Gasteiger partial charge in [-0.2, -0.15) is 5.26 Å². The van der Waals surface area contributed by atoms with Crippen molar-refractivity contribution in [2.45, 2.75) is 26.7 Å². The van der Waals surface area contributed by atoms with Gasteiger partial charge >= 0.3 is 0 Å². The van der Waals surface area contributed by atoms with Crippen molar-refractivity contribution in [3.05, 3.63) is 52.7 Å². The summed E-state index contributed by atoms with van der Waals surface area (Å²) in [6.45, 7) is 4.07. The maximum absolute atomic E-state index is 12.4. The number of rotatable bonds is 6. The average Bonchev–Trinajstić information content (AvgIpc) is 3.09. The smallest absolute Gasteiger partial charge is 0.267 e. The van der Waals surface area contributed by atoms with Crippen LogP contribution in [0.3, 0.4) is 0 Å². The number of carbonyl (C=O) groups is 1. The van der Waals surface area contributed by atoms with Gasteiger partial charge in [-0.3, -0.25) is 4.79 Å². The van der Waals surface area contributed by atoms with E-state index in [9.17, 15) is 10.1 Å². The van der Waals surface area contributed by atoms with Crippen LogP contribution < -0.4 is 10.6 Å². The molecule has 0 fully saturated rings. The number of hydrogen-bond acceptors (Lipinski definition) is 5. The summed E-state index contributed by atoms with van der Waals surface area (Å²) < 4.78 is 0. The van der Waals surface area contributed by atoms with E-state index in [0.717, 1.165) is 29.7 Å². The Hall–Kier alpha value is -2.65. The summed E-state index contributed by atoms with van der Waals surface area (Å²) in [5.41, 5.74) is 2.93. The van der Waals surface area contributed by atoms with Crippen LogP contribution in [0.5, 0.6) is 0 Å². The molecule has 5 nitrogen and oxygen atoms in total. The number of amides is 1. The molecule has 118 valence electrons. The van der Waals surface area contributed by atoms with Gasteiger partial charge in [0.1, 0.15) is 11.6 Å². The second-order valence-corrected chi connectivity index (χ2v) is 5.66. The molecule has 2 aromatic rings. The lowest BCUT2D eigenvalue weighted by molar-refractivity contribution is -0.112. The van der Waals surface area contributed by atoms with E-state index in [0.29, 0.717) is 5.13 Å². The van der Waals surface area contributed by atoms with Crippen molar-refractivity contribution < 1.29 is 4.79 Å². The molecule has 0 spiro atoms. The Balaban J connectivity index is 2.20. The fourth-order valence-electron chi connectivity index (χ4n) is 2.16. The van der Waals surface area contributed by atoms with Crippen LogP contribution >= 0.6 is 11.3 Å². The van der Waals surface area contributed by atoms with E-state index in [1.807, 2.05) is 43.5 Å². The predicted octanol–water partition coefficient (Wildman–Crippen LogP) is 3.73. The second-order valence-electron chi connectivity index (χ2n) is 4.76. The van der Waals surface area contributed by atoms with Crippen molar-refractivity contribution in [3.8, 4) is 6.07 Å². The van der Waals surface area contributed by atoms with E-state index < -0.39 is 5.91 Å². The van der Waals surface area contributed by atoms with Crippen molar-refractivity contribution in [3.63, 3.8) is 0 Å². The normalized spacial score (nSPS) is 10.9. The van der Waals surface area contributed by atoms with E-state index in [1.54, 1.807) is 6.20 Å². The number of nitrogens with zero attached hydrogens (tertiary/aromatic N) is 2. The highest BCUT2D eigenvalue weighted by atomic mass is 32.1. The molecule has 0 radical (unpaired) electrons. The van der Waals surface area contributed by atoms with Crippen LogP contribution in [0, 0.1) is 11.3 Å². The molecule has 2 rings (SSSR count). The van der Waals surface area contributed by atoms with Gasteiger partial charge in [0.2, 0.25) is 0 Å². The molecule has 0 saturated carbocycles. The molecule has 0 saturated heterocycles. The number of aromatic nitrogens is 1. The minimum absolute atomic E-state index is 0.00755. The summed E-state index contributed by atoms with van der Waals surface area (Å²) >= 11 is 1.40. The maximum atomic E-state index is 12.4. The van der Waals surface area contributed by atoms with Crippen LogP contribution in [0.25, 0.3) is 0 Å². The van der Waals surface area contributed by atoms with Gasteiger partial charge in [0.05, 0.1) is 0 Å². The summed E-state index contributed by atoms with van der Waals surface area (Å²) in [4.78, 5) is 16.4. The summed E-state index contributed by atoms with van der Waals surface area (Å²) in [5.74, 6) is -0.424. The van der Waals surface area contributed by atoms with Crippen LogP contribution in [0.4, 0.5) is 10.8 Å². The lowest BCUT2D eigenvalue weighted by Crippen LogP contribution is -2.17. The average molecular weight is 326 g/mol. The number of anilines is 2. The molecule has 6 heteroatoms. The Labute approximate surface area is 139 Å².